The van der Waals surface area contributed by atoms with Gasteiger partial charge < -0.3 is 5.32 Å². The van der Waals surface area contributed by atoms with E-state index in [1.54, 1.807) is 0 Å². The lowest BCUT2D eigenvalue weighted by Gasteiger charge is -2.07. The Kier molecular flexibility index (Phi) is 3.55. The fraction of sp³-hybridized carbons (Fsp3) is 0.333. The number of likely N-dealkylation sites (N-methyl/N-ethyl adjacent to an activating group) is 1. The summed E-state index contributed by atoms with van der Waals surface area (Å²) in [5, 5.41) is 3.06. The summed E-state index contributed by atoms with van der Waals surface area (Å²) in [6.45, 7) is 11.5. The Bertz CT molecular complexity index is 175. The van der Waals surface area contributed by atoms with Crippen LogP contribution in [0.2, 0.25) is 0 Å². The van der Waals surface area contributed by atoms with E-state index in [4.69, 9.17) is 0 Å². The van der Waals surface area contributed by atoms with Crippen LogP contribution in [0.5, 0.6) is 0 Å². The molecule has 0 bridgehead atoms. The maximum atomic E-state index is 3.83. The molecular weight excluding hydrogens is 122 g/mol. The van der Waals surface area contributed by atoms with Gasteiger partial charge in [-0.2, -0.15) is 0 Å². The van der Waals surface area contributed by atoms with Gasteiger partial charge in [0.25, 0.3) is 0 Å². The summed E-state index contributed by atoms with van der Waals surface area (Å²) in [6.07, 6.45) is 1.82. The van der Waals surface area contributed by atoms with Crippen LogP contribution in [-0.2, 0) is 0 Å². The van der Waals surface area contributed by atoms with Gasteiger partial charge in [-0.25, -0.2) is 0 Å². The van der Waals surface area contributed by atoms with Crippen molar-refractivity contribution in [2.75, 3.05) is 7.05 Å². The Morgan fingerprint density at radius 3 is 2.00 bits per heavy atom. The van der Waals surface area contributed by atoms with Crippen molar-refractivity contribution in [1.29, 1.82) is 0 Å². The van der Waals surface area contributed by atoms with Crippen LogP contribution in [0.25, 0.3) is 0 Å². The third-order valence-corrected chi connectivity index (χ3v) is 1.38. The molecule has 0 aliphatic rings. The molecule has 1 heteroatoms. The Balaban J connectivity index is 4.62. The highest BCUT2D eigenvalue weighted by Gasteiger charge is 1.95. The average Bonchev–Trinajstić information content (AvgIpc) is 1.88. The molecule has 10 heavy (non-hydrogen) atoms. The van der Waals surface area contributed by atoms with Crippen LogP contribution in [0, 0.1) is 0 Å². The molecule has 56 valence electrons. The molecule has 0 aliphatic heterocycles. The molecule has 0 spiro atoms. The first kappa shape index (κ1) is 9.02. The normalized spacial score (nSPS) is 11.9. The van der Waals surface area contributed by atoms with Crippen molar-refractivity contribution in [2.24, 2.45) is 0 Å². The molecule has 0 saturated carbocycles. The predicted octanol–water partition coefficient (Wildman–Crippen LogP) is 2.24. The van der Waals surface area contributed by atoms with Crippen LogP contribution in [-0.4, -0.2) is 7.05 Å². The maximum absolute atomic E-state index is 3.83. The number of hydrogen-bond acceptors (Lipinski definition) is 1. The lowest BCUT2D eigenvalue weighted by atomic mass is 10.1. The van der Waals surface area contributed by atoms with Crippen molar-refractivity contribution in [3.05, 3.63) is 36.1 Å². The molecule has 0 aromatic rings. The molecular formula is C9H15N. The minimum absolute atomic E-state index is 1.04. The lowest BCUT2D eigenvalue weighted by molar-refractivity contribution is 0.981. The van der Waals surface area contributed by atoms with Crippen LogP contribution in [0.4, 0.5) is 0 Å². The van der Waals surface area contributed by atoms with E-state index in [9.17, 15) is 0 Å². The Labute approximate surface area is 63.1 Å². The number of nitrogens with one attached hydrogen (secondary N) is 1. The van der Waals surface area contributed by atoms with E-state index >= 15 is 0 Å². The fourth-order valence-corrected chi connectivity index (χ4v) is 0.849. The molecule has 0 fully saturated rings. The molecule has 1 N–H and O–H groups in total. The molecule has 0 unspecified atom stereocenters. The Morgan fingerprint density at radius 2 is 1.90 bits per heavy atom. The first-order valence-electron chi connectivity index (χ1n) is 3.30. The predicted molar refractivity (Wildman–Crippen MR) is 46.8 cm³/mol. The molecule has 0 atom stereocenters. The van der Waals surface area contributed by atoms with Crippen molar-refractivity contribution in [3.8, 4) is 0 Å². The van der Waals surface area contributed by atoms with Crippen LogP contribution >= 0.6 is 0 Å². The zero-order valence-electron chi connectivity index (χ0n) is 6.99. The second kappa shape index (κ2) is 3.94. The van der Waals surface area contributed by atoms with E-state index in [2.05, 4.69) is 18.5 Å². The molecule has 0 radical (unpaired) electrons. The highest BCUT2D eigenvalue weighted by molar-refractivity contribution is 5.33. The van der Waals surface area contributed by atoms with Gasteiger partial charge in [-0.1, -0.05) is 19.2 Å². The van der Waals surface area contributed by atoms with Gasteiger partial charge in [0.15, 0.2) is 0 Å². The summed E-state index contributed by atoms with van der Waals surface area (Å²) in [7, 11) is 1.89. The Hall–Kier alpha value is -0.980. The van der Waals surface area contributed by atoms with E-state index in [0.717, 1.165) is 16.8 Å². The zero-order chi connectivity index (χ0) is 8.15. The third kappa shape index (κ3) is 2.09. The quantitative estimate of drug-likeness (QED) is 0.588. The van der Waals surface area contributed by atoms with Gasteiger partial charge in [-0.15, -0.1) is 0 Å². The van der Waals surface area contributed by atoms with Crippen molar-refractivity contribution >= 4 is 0 Å². The monoisotopic (exact) mass is 137 g/mol. The summed E-state index contributed by atoms with van der Waals surface area (Å²) < 4.78 is 0. The summed E-state index contributed by atoms with van der Waals surface area (Å²) in [6, 6.07) is 0. The summed E-state index contributed by atoms with van der Waals surface area (Å²) in [5.74, 6) is 0. The number of rotatable bonds is 3. The number of hydrogen-bond donors (Lipinski definition) is 1. The molecule has 0 amide bonds. The smallest absolute Gasteiger partial charge is 0.0390 e. The summed E-state index contributed by atoms with van der Waals surface area (Å²) in [4.78, 5) is 0. The SMILES string of the molecule is C=C/C(C)=C(/NC)C(=C)C. The zero-order valence-corrected chi connectivity index (χ0v) is 6.99. The first-order chi connectivity index (χ1) is 4.63. The standard InChI is InChI=1S/C9H15N/c1-6-8(4)9(10-5)7(2)3/h6,10H,1-2H2,3-5H3/b9-8+. The third-order valence-electron chi connectivity index (χ3n) is 1.38. The van der Waals surface area contributed by atoms with E-state index in [0.29, 0.717) is 0 Å². The van der Waals surface area contributed by atoms with Gasteiger partial charge in [-0.05, 0) is 25.0 Å². The molecule has 0 aromatic carbocycles. The molecule has 1 nitrogen and oxygen atoms in total. The van der Waals surface area contributed by atoms with Crippen LogP contribution in [0.15, 0.2) is 36.1 Å². The van der Waals surface area contributed by atoms with Crippen molar-refractivity contribution in [1.82, 2.24) is 5.32 Å². The van der Waals surface area contributed by atoms with Gasteiger partial charge in [-0.3, -0.25) is 0 Å². The second-order valence-corrected chi connectivity index (χ2v) is 2.29. The summed E-state index contributed by atoms with van der Waals surface area (Å²) >= 11 is 0. The van der Waals surface area contributed by atoms with E-state index < -0.39 is 0 Å². The van der Waals surface area contributed by atoms with Gasteiger partial charge in [0.2, 0.25) is 0 Å². The molecule has 0 aliphatic carbocycles. The molecule has 0 heterocycles. The first-order valence-corrected chi connectivity index (χ1v) is 3.30. The van der Waals surface area contributed by atoms with Gasteiger partial charge in [0.05, 0.1) is 0 Å². The minimum atomic E-state index is 1.04. The van der Waals surface area contributed by atoms with Gasteiger partial charge >= 0.3 is 0 Å². The minimum Gasteiger partial charge on any atom is -0.388 e. The van der Waals surface area contributed by atoms with E-state index in [1.807, 2.05) is 27.0 Å². The highest BCUT2D eigenvalue weighted by atomic mass is 14.8. The van der Waals surface area contributed by atoms with Crippen molar-refractivity contribution in [3.63, 3.8) is 0 Å². The van der Waals surface area contributed by atoms with Crippen molar-refractivity contribution in [2.45, 2.75) is 13.8 Å². The highest BCUT2D eigenvalue weighted by Crippen LogP contribution is 2.08. The second-order valence-electron chi connectivity index (χ2n) is 2.29. The average molecular weight is 137 g/mol. The van der Waals surface area contributed by atoms with Crippen molar-refractivity contribution < 1.29 is 0 Å². The molecule has 0 saturated heterocycles. The van der Waals surface area contributed by atoms with Gasteiger partial charge in [0, 0.05) is 12.7 Å². The Morgan fingerprint density at radius 1 is 1.40 bits per heavy atom. The molecule has 0 aromatic heterocycles. The fourth-order valence-electron chi connectivity index (χ4n) is 0.849. The van der Waals surface area contributed by atoms with Gasteiger partial charge in [0.1, 0.15) is 0 Å². The summed E-state index contributed by atoms with van der Waals surface area (Å²) in [5.41, 5.74) is 3.25. The largest absolute Gasteiger partial charge is 0.388 e. The molecule has 0 rings (SSSR count). The van der Waals surface area contributed by atoms with Crippen LogP contribution < -0.4 is 5.32 Å². The number of allylic oxidation sites excluding steroid dienone is 3. The topological polar surface area (TPSA) is 12.0 Å². The van der Waals surface area contributed by atoms with Crippen LogP contribution in [0.3, 0.4) is 0 Å². The lowest BCUT2D eigenvalue weighted by Crippen LogP contribution is -2.08. The van der Waals surface area contributed by atoms with E-state index in [1.165, 1.54) is 0 Å². The van der Waals surface area contributed by atoms with E-state index in [-0.39, 0.29) is 0 Å². The van der Waals surface area contributed by atoms with Crippen LogP contribution in [0.1, 0.15) is 13.8 Å². The maximum Gasteiger partial charge on any atom is 0.0390 e.